The predicted octanol–water partition coefficient (Wildman–Crippen LogP) is 4.27. The first-order chi connectivity index (χ1) is 9.08. The molecular formula is C14H32O4Si3. The van der Waals surface area contributed by atoms with Crippen molar-refractivity contribution in [1.29, 1.82) is 0 Å². The summed E-state index contributed by atoms with van der Waals surface area (Å²) in [6, 6.07) is 0.619. The van der Waals surface area contributed by atoms with Gasteiger partial charge in [-0.15, -0.1) is 0 Å². The van der Waals surface area contributed by atoms with Crippen LogP contribution in [0.1, 0.15) is 13.8 Å². The molecule has 21 heavy (non-hydrogen) atoms. The van der Waals surface area contributed by atoms with E-state index in [1.54, 1.807) is 0 Å². The topological polar surface area (TPSA) is 44.8 Å². The predicted molar refractivity (Wildman–Crippen MR) is 95.7 cm³/mol. The van der Waals surface area contributed by atoms with Crippen LogP contribution in [0.3, 0.4) is 0 Å². The van der Waals surface area contributed by atoms with Crippen LogP contribution in [0.5, 0.6) is 0 Å². The molecule has 0 atom stereocenters. The van der Waals surface area contributed by atoms with Crippen molar-refractivity contribution < 1.29 is 17.8 Å². The zero-order valence-electron chi connectivity index (χ0n) is 15.1. The van der Waals surface area contributed by atoms with E-state index in [9.17, 15) is 4.79 Å². The fraction of sp³-hybridized carbons (Fsp3) is 0.786. The Hall–Kier alpha value is -0.219. The molecule has 124 valence electrons. The molecule has 7 heteroatoms. The molecule has 0 aliphatic carbocycles. The molecule has 0 radical (unpaired) electrons. The highest BCUT2D eigenvalue weighted by Crippen LogP contribution is 2.31. The molecule has 0 aromatic heterocycles. The van der Waals surface area contributed by atoms with Gasteiger partial charge in [0.25, 0.3) is 0 Å². The van der Waals surface area contributed by atoms with E-state index in [1.807, 2.05) is 13.8 Å². The Morgan fingerprint density at radius 3 is 1.67 bits per heavy atom. The molecule has 0 bridgehead atoms. The summed E-state index contributed by atoms with van der Waals surface area (Å²) in [5, 5.41) is 0. The van der Waals surface area contributed by atoms with E-state index in [4.69, 9.17) is 13.0 Å². The molecule has 0 spiro atoms. The molecule has 0 saturated carbocycles. The van der Waals surface area contributed by atoms with Gasteiger partial charge in [0.2, 0.25) is 0 Å². The maximum absolute atomic E-state index is 11.5. The lowest BCUT2D eigenvalue weighted by molar-refractivity contribution is -0.148. The lowest BCUT2D eigenvalue weighted by Gasteiger charge is -2.41. The van der Waals surface area contributed by atoms with Gasteiger partial charge in [0.05, 0.1) is 0 Å². The van der Waals surface area contributed by atoms with Gasteiger partial charge in [-0.25, -0.2) is 4.79 Å². The Balaban J connectivity index is 5.22. The monoisotopic (exact) mass is 348 g/mol. The van der Waals surface area contributed by atoms with Gasteiger partial charge in [-0.2, -0.15) is 0 Å². The molecule has 0 heterocycles. The highest BCUT2D eigenvalue weighted by molar-refractivity contribution is 6.87. The first kappa shape index (κ1) is 20.8. The lowest BCUT2D eigenvalue weighted by atomic mass is 10.2. The van der Waals surface area contributed by atoms with Gasteiger partial charge in [-0.05, 0) is 59.7 Å². The maximum Gasteiger partial charge on any atom is 0.330 e. The van der Waals surface area contributed by atoms with E-state index in [0.29, 0.717) is 6.04 Å². The first-order valence-electron chi connectivity index (χ1n) is 7.33. The van der Waals surface area contributed by atoms with Crippen LogP contribution >= 0.6 is 0 Å². The van der Waals surface area contributed by atoms with Crippen molar-refractivity contribution in [3.05, 3.63) is 12.7 Å². The lowest BCUT2D eigenvalue weighted by Crippen LogP contribution is -2.55. The van der Waals surface area contributed by atoms with E-state index >= 15 is 0 Å². The zero-order valence-corrected chi connectivity index (χ0v) is 18.1. The Morgan fingerprint density at radius 1 is 1.00 bits per heavy atom. The third kappa shape index (κ3) is 10.2. The maximum atomic E-state index is 11.5. The number of hydrogen-bond acceptors (Lipinski definition) is 4. The van der Waals surface area contributed by atoms with Crippen molar-refractivity contribution in [3.8, 4) is 0 Å². The van der Waals surface area contributed by atoms with Gasteiger partial charge in [0, 0.05) is 12.1 Å². The zero-order chi connectivity index (χ0) is 17.1. The smallest absolute Gasteiger partial charge is 0.330 e. The number of hydrogen-bond donors (Lipinski definition) is 0. The van der Waals surface area contributed by atoms with Crippen molar-refractivity contribution in [2.75, 3.05) is 0 Å². The van der Waals surface area contributed by atoms with E-state index in [-0.39, 0.29) is 0 Å². The number of rotatable bonds is 8. The van der Waals surface area contributed by atoms with Gasteiger partial charge in [0.1, 0.15) is 5.60 Å². The summed E-state index contributed by atoms with van der Waals surface area (Å²) in [5.41, 5.74) is -0.619. The van der Waals surface area contributed by atoms with Crippen LogP contribution in [-0.2, 0) is 17.8 Å². The number of esters is 1. The fourth-order valence-electron chi connectivity index (χ4n) is 2.51. The van der Waals surface area contributed by atoms with Gasteiger partial charge in [-0.3, -0.25) is 0 Å². The molecule has 0 amide bonds. The highest BCUT2D eigenvalue weighted by atomic mass is 28.5. The molecule has 0 rings (SSSR count). The Labute approximate surface area is 133 Å². The van der Waals surface area contributed by atoms with E-state index < -0.39 is 36.8 Å². The summed E-state index contributed by atoms with van der Waals surface area (Å²) in [4.78, 5) is 11.5. The van der Waals surface area contributed by atoms with E-state index in [0.717, 1.165) is 0 Å². The van der Waals surface area contributed by atoms with Crippen LogP contribution in [0.4, 0.5) is 0 Å². The Morgan fingerprint density at radius 2 is 1.38 bits per heavy atom. The second-order valence-electron chi connectivity index (χ2n) is 8.12. The molecule has 0 unspecified atom stereocenters. The SMILES string of the molecule is C=CC(=O)OC(C)(C)C[Si](C)(O[Si](C)(C)C)O[Si](C)(C)C. The summed E-state index contributed by atoms with van der Waals surface area (Å²) in [6.07, 6.45) is 1.19. The van der Waals surface area contributed by atoms with Crippen molar-refractivity contribution in [2.45, 2.75) is 71.3 Å². The molecular weight excluding hydrogens is 316 g/mol. The molecule has 0 aromatic rings. The standard InChI is InChI=1S/C14H32O4Si3/c1-11-13(15)16-14(2,3)12-21(10,17-19(4,5)6)18-20(7,8)9/h11H,1,12H2,2-10H3. The van der Waals surface area contributed by atoms with Crippen molar-refractivity contribution in [1.82, 2.24) is 0 Å². The van der Waals surface area contributed by atoms with Crippen LogP contribution in [0.25, 0.3) is 0 Å². The normalized spacial score (nSPS) is 14.0. The summed E-state index contributed by atoms with van der Waals surface area (Å²) in [7, 11) is -5.91. The van der Waals surface area contributed by atoms with Crippen molar-refractivity contribution in [2.24, 2.45) is 0 Å². The summed E-state index contributed by atoms with van der Waals surface area (Å²) in [6.45, 7) is 22.3. The van der Waals surface area contributed by atoms with E-state index in [2.05, 4.69) is 52.4 Å². The number of carbonyl (C=O) groups excluding carboxylic acids is 1. The quantitative estimate of drug-likeness (QED) is 0.373. The molecule has 4 nitrogen and oxygen atoms in total. The minimum Gasteiger partial charge on any atom is -0.457 e. The molecule has 0 aliphatic heterocycles. The van der Waals surface area contributed by atoms with E-state index in [1.165, 1.54) is 6.08 Å². The molecule has 0 aliphatic rings. The number of ether oxygens (including phenoxy) is 1. The largest absolute Gasteiger partial charge is 0.457 e. The average Bonchev–Trinajstić information content (AvgIpc) is 2.07. The molecule has 0 N–H and O–H groups in total. The minimum atomic E-state index is -2.42. The van der Waals surface area contributed by atoms with Crippen molar-refractivity contribution >= 4 is 31.2 Å². The van der Waals surface area contributed by atoms with Crippen LogP contribution in [0.2, 0.25) is 51.9 Å². The third-order valence-corrected chi connectivity index (χ3v) is 12.2. The summed E-state index contributed by atoms with van der Waals surface area (Å²) in [5.74, 6) is -0.405. The summed E-state index contributed by atoms with van der Waals surface area (Å²) < 4.78 is 18.3. The van der Waals surface area contributed by atoms with Crippen LogP contribution in [-0.4, -0.2) is 36.8 Å². The number of carbonyl (C=O) groups is 1. The average molecular weight is 349 g/mol. The third-order valence-electron chi connectivity index (χ3n) is 2.33. The highest BCUT2D eigenvalue weighted by Gasteiger charge is 2.45. The van der Waals surface area contributed by atoms with Gasteiger partial charge in [-0.1, -0.05) is 6.58 Å². The van der Waals surface area contributed by atoms with Crippen LogP contribution < -0.4 is 0 Å². The second-order valence-corrected chi connectivity index (χ2v) is 20.8. The van der Waals surface area contributed by atoms with Crippen molar-refractivity contribution in [3.63, 3.8) is 0 Å². The van der Waals surface area contributed by atoms with Gasteiger partial charge < -0.3 is 13.0 Å². The van der Waals surface area contributed by atoms with Crippen LogP contribution in [0.15, 0.2) is 12.7 Å². The molecule has 0 saturated heterocycles. The minimum absolute atomic E-state index is 0.405. The Kier molecular flexibility index (Phi) is 6.84. The Bertz CT molecular complexity index is 365. The summed E-state index contributed by atoms with van der Waals surface area (Å²) >= 11 is 0. The molecule has 0 aromatic carbocycles. The first-order valence-corrected chi connectivity index (χ1v) is 16.7. The molecule has 0 fully saturated rings. The van der Waals surface area contributed by atoms with Gasteiger partial charge in [0.15, 0.2) is 16.6 Å². The van der Waals surface area contributed by atoms with Crippen LogP contribution in [0, 0.1) is 0 Å². The fourth-order valence-corrected chi connectivity index (χ4v) is 15.6. The van der Waals surface area contributed by atoms with Gasteiger partial charge >= 0.3 is 14.5 Å². The second kappa shape index (κ2) is 6.91.